The number of phenolic OH excluding ortho intramolecular Hbond substituents is 2. The second-order valence-electron chi connectivity index (χ2n) is 15.9. The first kappa shape index (κ1) is 45.4. The molecule has 47 heavy (non-hydrogen) atoms. The number of carbonyl (C=O) groups is 2. The number of methoxy groups -OCH3 is 2. The summed E-state index contributed by atoms with van der Waals surface area (Å²) in [6.07, 6.45) is 0. The zero-order chi connectivity index (χ0) is 37.3. The lowest BCUT2D eigenvalue weighted by atomic mass is 9.79. The van der Waals surface area contributed by atoms with Gasteiger partial charge in [0.15, 0.2) is 0 Å². The predicted octanol–water partition coefficient (Wildman–Crippen LogP) is 10.1. The Bertz CT molecular complexity index is 1260. The van der Waals surface area contributed by atoms with Crippen molar-refractivity contribution in [3.63, 3.8) is 0 Å². The number of carbonyl (C=O) groups excluding carboxylic acids is 2. The first-order chi connectivity index (χ1) is 21.0. The van der Waals surface area contributed by atoms with E-state index in [1.807, 2.05) is 12.1 Å². The Hall–Kier alpha value is -1.62. The molecule has 0 amide bonds. The van der Waals surface area contributed by atoms with Crippen molar-refractivity contribution in [2.24, 2.45) is 0 Å². The molecule has 0 aromatic heterocycles. The number of aromatic hydroxyl groups is 2. The highest BCUT2D eigenvalue weighted by molar-refractivity contribution is 8.18. The maximum atomic E-state index is 11.4. The molecule has 268 valence electrons. The minimum absolute atomic E-state index is 0.0666. The number of thioether (sulfide) groups is 2. The van der Waals surface area contributed by atoms with Crippen LogP contribution in [0.2, 0.25) is 0 Å². The zero-order valence-electron chi connectivity index (χ0n) is 31.5. The van der Waals surface area contributed by atoms with Crippen LogP contribution in [0.5, 0.6) is 11.5 Å². The second kappa shape index (κ2) is 17.9. The van der Waals surface area contributed by atoms with E-state index in [0.29, 0.717) is 17.3 Å². The molecule has 2 N–H and O–H groups in total. The smallest absolute Gasteiger partial charge is 0.315 e. The summed E-state index contributed by atoms with van der Waals surface area (Å²) < 4.78 is 8.74. The molecule has 0 atom stereocenters. The third kappa shape index (κ3) is 15.6. The van der Waals surface area contributed by atoms with E-state index in [-0.39, 0.29) is 43.4 Å². The number of phenols is 2. The monoisotopic (exact) mass is 728 g/mol. The highest BCUT2D eigenvalue weighted by Crippen LogP contribution is 2.47. The average Bonchev–Trinajstić information content (AvgIpc) is 2.91. The van der Waals surface area contributed by atoms with Gasteiger partial charge in [-0.3, -0.25) is 9.59 Å². The summed E-state index contributed by atoms with van der Waals surface area (Å²) in [4.78, 5) is 23.3. The molecule has 0 unspecified atom stereocenters. The number of ether oxygens (including phenoxy) is 2. The summed E-state index contributed by atoms with van der Waals surface area (Å²) in [5.41, 5.74) is 3.40. The molecule has 2 rings (SSSR count). The molecule has 0 saturated heterocycles. The van der Waals surface area contributed by atoms with E-state index in [1.165, 1.54) is 14.2 Å². The van der Waals surface area contributed by atoms with E-state index >= 15 is 0 Å². The van der Waals surface area contributed by atoms with Crippen molar-refractivity contribution in [1.29, 1.82) is 0 Å². The van der Waals surface area contributed by atoms with Crippen LogP contribution in [0.15, 0.2) is 34.1 Å². The van der Waals surface area contributed by atoms with Gasteiger partial charge < -0.3 is 19.7 Å². The Morgan fingerprint density at radius 2 is 0.957 bits per heavy atom. The van der Waals surface area contributed by atoms with Crippen molar-refractivity contribution < 1.29 is 29.3 Å². The molecule has 0 saturated carbocycles. The quantitative estimate of drug-likeness (QED) is 0.101. The Morgan fingerprint density at radius 3 is 1.21 bits per heavy atom. The van der Waals surface area contributed by atoms with Crippen LogP contribution in [0.1, 0.15) is 119 Å². The second-order valence-corrected chi connectivity index (χ2v) is 20.2. The fourth-order valence-electron chi connectivity index (χ4n) is 4.24. The van der Waals surface area contributed by atoms with Gasteiger partial charge in [0.2, 0.25) is 0 Å². The molecule has 0 radical (unpaired) electrons. The van der Waals surface area contributed by atoms with Crippen molar-refractivity contribution in [2.75, 3.05) is 25.7 Å². The first-order valence-electron chi connectivity index (χ1n) is 15.5. The van der Waals surface area contributed by atoms with E-state index in [2.05, 4.69) is 139 Å². The Morgan fingerprint density at radius 1 is 0.638 bits per heavy atom. The van der Waals surface area contributed by atoms with Crippen LogP contribution in [0.25, 0.3) is 0 Å². The van der Waals surface area contributed by atoms with E-state index in [4.69, 9.17) is 4.74 Å². The van der Waals surface area contributed by atoms with Crippen molar-refractivity contribution >= 4 is 60.7 Å². The number of esters is 2. The van der Waals surface area contributed by atoms with Gasteiger partial charge >= 0.3 is 11.9 Å². The van der Waals surface area contributed by atoms with Crippen molar-refractivity contribution in [3.8, 4) is 11.5 Å². The molecule has 0 spiro atoms. The average molecular weight is 729 g/mol. The van der Waals surface area contributed by atoms with Crippen LogP contribution in [-0.4, -0.2) is 52.0 Å². The Kier molecular flexibility index (Phi) is 17.2. The molecule has 10 heteroatoms. The van der Waals surface area contributed by atoms with Gasteiger partial charge in [0.25, 0.3) is 0 Å². The topological polar surface area (TPSA) is 93.1 Å². The van der Waals surface area contributed by atoms with Gasteiger partial charge in [0.1, 0.15) is 11.5 Å². The summed E-state index contributed by atoms with van der Waals surface area (Å²) in [7, 11) is 2.74. The van der Waals surface area contributed by atoms with Gasteiger partial charge in [-0.1, -0.05) is 83.1 Å². The molecule has 0 aliphatic rings. The predicted molar refractivity (Wildman–Crippen MR) is 209 cm³/mol. The molecular formula is C37H60O6S4. The fraction of sp³-hybridized carbons (Fsp3) is 0.622. The van der Waals surface area contributed by atoms with Crippen LogP contribution in [0.3, 0.4) is 0 Å². The zero-order valence-corrected chi connectivity index (χ0v) is 34.9. The van der Waals surface area contributed by atoms with Gasteiger partial charge in [-0.15, -0.1) is 36.2 Å². The highest BCUT2D eigenvalue weighted by Gasteiger charge is 2.29. The molecule has 0 aliphatic carbocycles. The van der Waals surface area contributed by atoms with Gasteiger partial charge in [-0.25, -0.2) is 0 Å². The molecule has 0 fully saturated rings. The third-order valence-electron chi connectivity index (χ3n) is 6.90. The number of hydrogen-bond donors (Lipinski definition) is 4. The molecule has 2 aromatic carbocycles. The molecule has 2 aromatic rings. The van der Waals surface area contributed by atoms with Crippen LogP contribution in [-0.2, 0) is 40.7 Å². The molecule has 0 aliphatic heterocycles. The standard InChI is InChI=1S/C20H32O3S2.C14H22OS.C3H6O2S/c1-18(2,3)14-10-13(11-15(17(14)22)19(4,5)6)25-20(7,8)24-12-16(21)23-9;1-13(2,3)10-7-9(16)8-11(12(10)15)14(4,5)6;1-5-3(4)2-6/h10-11,22H,12H2,1-9H3;7-8,15-16H,1-6H3;6H,2H2,1H3. The molecule has 0 bridgehead atoms. The lowest BCUT2D eigenvalue weighted by Gasteiger charge is -2.30. The SMILES string of the molecule is CC(C)(C)c1cc(S)cc(C(C)(C)C)c1O.COC(=O)CS.COC(=O)CSC(C)(C)Sc1cc(C(C)(C)C)c(O)c(C(C)(C)C)c1. The van der Waals surface area contributed by atoms with Crippen LogP contribution >= 0.6 is 48.8 Å². The minimum atomic E-state index is -0.293. The summed E-state index contributed by atoms with van der Waals surface area (Å²) in [5.74, 6) is 0.791. The summed E-state index contributed by atoms with van der Waals surface area (Å²) in [5, 5.41) is 21.2. The molecule has 0 heterocycles. The summed E-state index contributed by atoms with van der Waals surface area (Å²) >= 11 is 11.3. The van der Waals surface area contributed by atoms with Gasteiger partial charge in [-0.05, 0) is 59.8 Å². The van der Waals surface area contributed by atoms with E-state index in [0.717, 1.165) is 32.0 Å². The Labute approximate surface area is 304 Å². The summed E-state index contributed by atoms with van der Waals surface area (Å²) in [6.45, 7) is 29.5. The third-order valence-corrected chi connectivity index (χ3v) is 10.1. The lowest BCUT2D eigenvalue weighted by molar-refractivity contribution is -0.138. The van der Waals surface area contributed by atoms with Gasteiger partial charge in [0.05, 0.1) is 29.8 Å². The van der Waals surface area contributed by atoms with Crippen LogP contribution in [0, 0.1) is 0 Å². The van der Waals surface area contributed by atoms with Crippen molar-refractivity contribution in [2.45, 2.75) is 132 Å². The molecular weight excluding hydrogens is 669 g/mol. The van der Waals surface area contributed by atoms with Crippen molar-refractivity contribution in [1.82, 2.24) is 0 Å². The van der Waals surface area contributed by atoms with Gasteiger partial charge in [-0.2, -0.15) is 12.6 Å². The van der Waals surface area contributed by atoms with Crippen LogP contribution in [0.4, 0.5) is 0 Å². The first-order valence-corrected chi connectivity index (χ1v) is 18.4. The lowest BCUT2D eigenvalue weighted by Crippen LogP contribution is -2.18. The van der Waals surface area contributed by atoms with Crippen molar-refractivity contribution in [3.05, 3.63) is 46.5 Å². The fourth-order valence-corrected chi connectivity index (χ4v) is 6.84. The number of rotatable bonds is 6. The van der Waals surface area contributed by atoms with Gasteiger partial charge in [0, 0.05) is 32.0 Å². The van der Waals surface area contributed by atoms with E-state index < -0.39 is 0 Å². The largest absolute Gasteiger partial charge is 0.507 e. The highest BCUT2D eigenvalue weighted by atomic mass is 32.2. The maximum Gasteiger partial charge on any atom is 0.315 e. The number of thiol groups is 2. The maximum absolute atomic E-state index is 11.4. The minimum Gasteiger partial charge on any atom is -0.507 e. The van der Waals surface area contributed by atoms with E-state index in [9.17, 15) is 19.8 Å². The molecule has 6 nitrogen and oxygen atoms in total. The van der Waals surface area contributed by atoms with Crippen LogP contribution < -0.4 is 0 Å². The normalized spacial score (nSPS) is 12.3. The summed E-state index contributed by atoms with van der Waals surface area (Å²) in [6, 6.07) is 8.06. The number of benzene rings is 2. The van der Waals surface area contributed by atoms with E-state index in [1.54, 1.807) is 23.5 Å². The Balaban J connectivity index is 0.000000816. The number of hydrogen-bond acceptors (Lipinski definition) is 10.